The summed E-state index contributed by atoms with van der Waals surface area (Å²) in [6, 6.07) is 3.54. The van der Waals surface area contributed by atoms with Crippen LogP contribution in [0.2, 0.25) is 0 Å². The first-order chi connectivity index (χ1) is 9.41. The number of carbonyl (C=O) groups excluding carboxylic acids is 1. The zero-order chi connectivity index (χ0) is 14.8. The second-order valence-corrected chi connectivity index (χ2v) is 8.07. The highest BCUT2D eigenvalue weighted by molar-refractivity contribution is 7.91. The van der Waals surface area contributed by atoms with E-state index in [0.717, 1.165) is 48.4 Å². The second kappa shape index (κ2) is 6.24. The standard InChI is InChI=1S/C13H20N2O3S2/c1-2-3-8-15(10-4-5-10)12(16)9-11-6-7-13(19-11)20(14,17)18/h6-7,10H,2-5,8-9H2,1H3,(H2,14,17,18). The van der Waals surface area contributed by atoms with E-state index >= 15 is 0 Å². The van der Waals surface area contributed by atoms with Crippen LogP contribution < -0.4 is 5.14 Å². The predicted molar refractivity (Wildman–Crippen MR) is 79.0 cm³/mol. The maximum atomic E-state index is 12.3. The summed E-state index contributed by atoms with van der Waals surface area (Å²) in [7, 11) is -3.66. The molecular formula is C13H20N2O3S2. The number of sulfonamides is 1. The number of unbranched alkanes of at least 4 members (excludes halogenated alkanes) is 1. The molecule has 1 aromatic heterocycles. The van der Waals surface area contributed by atoms with Crippen molar-refractivity contribution >= 4 is 27.3 Å². The van der Waals surface area contributed by atoms with Crippen molar-refractivity contribution in [3.8, 4) is 0 Å². The van der Waals surface area contributed by atoms with E-state index in [1.807, 2.05) is 4.90 Å². The minimum atomic E-state index is -3.66. The van der Waals surface area contributed by atoms with Crippen molar-refractivity contribution in [3.05, 3.63) is 17.0 Å². The molecule has 1 heterocycles. The summed E-state index contributed by atoms with van der Waals surface area (Å²) < 4.78 is 22.6. The molecule has 112 valence electrons. The van der Waals surface area contributed by atoms with Gasteiger partial charge in [0.2, 0.25) is 15.9 Å². The summed E-state index contributed by atoms with van der Waals surface area (Å²) in [5.41, 5.74) is 0. The van der Waals surface area contributed by atoms with E-state index < -0.39 is 10.0 Å². The maximum absolute atomic E-state index is 12.3. The molecule has 1 saturated carbocycles. The summed E-state index contributed by atoms with van der Waals surface area (Å²) in [5, 5.41) is 5.07. The topological polar surface area (TPSA) is 80.5 Å². The van der Waals surface area contributed by atoms with Crippen LogP contribution in [0.4, 0.5) is 0 Å². The molecular weight excluding hydrogens is 296 g/mol. The van der Waals surface area contributed by atoms with Gasteiger partial charge in [-0.15, -0.1) is 11.3 Å². The fraction of sp³-hybridized carbons (Fsp3) is 0.615. The Morgan fingerprint density at radius 3 is 2.65 bits per heavy atom. The van der Waals surface area contributed by atoms with Crippen LogP contribution in [0.1, 0.15) is 37.5 Å². The van der Waals surface area contributed by atoms with E-state index in [0.29, 0.717) is 6.04 Å². The highest BCUT2D eigenvalue weighted by atomic mass is 32.2. The van der Waals surface area contributed by atoms with Crippen LogP contribution in [-0.2, 0) is 21.2 Å². The summed E-state index contributed by atoms with van der Waals surface area (Å²) in [6.07, 6.45) is 4.51. The molecule has 2 rings (SSSR count). The number of hydrogen-bond donors (Lipinski definition) is 1. The average molecular weight is 316 g/mol. The van der Waals surface area contributed by atoms with Crippen LogP contribution in [0, 0.1) is 0 Å². The van der Waals surface area contributed by atoms with Gasteiger partial charge in [0.15, 0.2) is 0 Å². The Kier molecular flexibility index (Phi) is 4.82. The third kappa shape index (κ3) is 4.04. The van der Waals surface area contributed by atoms with E-state index in [1.165, 1.54) is 6.07 Å². The molecule has 7 heteroatoms. The minimum Gasteiger partial charge on any atom is -0.339 e. The Morgan fingerprint density at radius 1 is 1.45 bits per heavy atom. The smallest absolute Gasteiger partial charge is 0.247 e. The molecule has 1 aliphatic carbocycles. The number of amides is 1. The lowest BCUT2D eigenvalue weighted by Gasteiger charge is -2.21. The molecule has 5 nitrogen and oxygen atoms in total. The molecule has 2 N–H and O–H groups in total. The fourth-order valence-corrected chi connectivity index (χ4v) is 3.85. The molecule has 1 amide bonds. The number of hydrogen-bond acceptors (Lipinski definition) is 4. The van der Waals surface area contributed by atoms with Crippen LogP contribution in [0.25, 0.3) is 0 Å². The number of nitrogens with zero attached hydrogens (tertiary/aromatic N) is 1. The molecule has 1 aromatic rings. The van der Waals surface area contributed by atoms with Gasteiger partial charge in [0.25, 0.3) is 0 Å². The van der Waals surface area contributed by atoms with Gasteiger partial charge >= 0.3 is 0 Å². The van der Waals surface area contributed by atoms with Gasteiger partial charge in [0.1, 0.15) is 4.21 Å². The van der Waals surface area contributed by atoms with Gasteiger partial charge in [-0.25, -0.2) is 13.6 Å². The van der Waals surface area contributed by atoms with Crippen molar-refractivity contribution in [2.24, 2.45) is 5.14 Å². The van der Waals surface area contributed by atoms with Gasteiger partial charge in [0, 0.05) is 17.5 Å². The van der Waals surface area contributed by atoms with Gasteiger partial charge in [0.05, 0.1) is 6.42 Å². The molecule has 1 fully saturated rings. The molecule has 0 radical (unpaired) electrons. The largest absolute Gasteiger partial charge is 0.339 e. The molecule has 0 saturated heterocycles. The van der Waals surface area contributed by atoms with Crippen molar-refractivity contribution in [2.75, 3.05) is 6.54 Å². The molecule has 0 unspecified atom stereocenters. The van der Waals surface area contributed by atoms with Crippen molar-refractivity contribution < 1.29 is 13.2 Å². The SMILES string of the molecule is CCCCN(C(=O)Cc1ccc(S(N)(=O)=O)s1)C1CC1. The number of rotatable bonds is 7. The Labute approximate surface area is 123 Å². The van der Waals surface area contributed by atoms with Crippen LogP contribution in [0.5, 0.6) is 0 Å². The Morgan fingerprint density at radius 2 is 2.15 bits per heavy atom. The average Bonchev–Trinajstić information content (AvgIpc) is 3.07. The number of carbonyl (C=O) groups is 1. The summed E-state index contributed by atoms with van der Waals surface area (Å²) in [6.45, 7) is 2.90. The number of thiophene rings is 1. The van der Waals surface area contributed by atoms with Gasteiger partial charge in [-0.2, -0.15) is 0 Å². The summed E-state index contributed by atoms with van der Waals surface area (Å²) in [4.78, 5) is 15.0. The Hall–Kier alpha value is -0.920. The van der Waals surface area contributed by atoms with Crippen molar-refractivity contribution in [1.82, 2.24) is 4.90 Å². The molecule has 0 spiro atoms. The highest BCUT2D eigenvalue weighted by Crippen LogP contribution is 2.29. The first-order valence-electron chi connectivity index (χ1n) is 6.82. The third-order valence-electron chi connectivity index (χ3n) is 3.30. The van der Waals surface area contributed by atoms with Gasteiger partial charge < -0.3 is 4.90 Å². The van der Waals surface area contributed by atoms with E-state index in [9.17, 15) is 13.2 Å². The van der Waals surface area contributed by atoms with Crippen molar-refractivity contribution in [3.63, 3.8) is 0 Å². The van der Waals surface area contributed by atoms with E-state index in [-0.39, 0.29) is 16.5 Å². The monoisotopic (exact) mass is 316 g/mol. The first kappa shape index (κ1) is 15.5. The zero-order valence-corrected chi connectivity index (χ0v) is 13.2. The lowest BCUT2D eigenvalue weighted by Crippen LogP contribution is -2.35. The Bertz CT molecular complexity index is 576. The maximum Gasteiger partial charge on any atom is 0.247 e. The van der Waals surface area contributed by atoms with Gasteiger partial charge in [-0.1, -0.05) is 13.3 Å². The van der Waals surface area contributed by atoms with Gasteiger partial charge in [-0.3, -0.25) is 4.79 Å². The zero-order valence-electron chi connectivity index (χ0n) is 11.5. The molecule has 20 heavy (non-hydrogen) atoms. The molecule has 1 aliphatic rings. The Balaban J connectivity index is 2.00. The molecule has 0 aromatic carbocycles. The molecule has 0 bridgehead atoms. The summed E-state index contributed by atoms with van der Waals surface area (Å²) in [5.74, 6) is 0.0868. The van der Waals surface area contributed by atoms with Crippen LogP contribution in [-0.4, -0.2) is 31.8 Å². The van der Waals surface area contributed by atoms with Crippen LogP contribution in [0.3, 0.4) is 0 Å². The molecule has 0 aliphatic heterocycles. The van der Waals surface area contributed by atoms with Crippen molar-refractivity contribution in [2.45, 2.75) is 49.3 Å². The lowest BCUT2D eigenvalue weighted by atomic mass is 10.2. The minimum absolute atomic E-state index is 0.0868. The second-order valence-electron chi connectivity index (χ2n) is 5.11. The normalized spacial score (nSPS) is 15.3. The highest BCUT2D eigenvalue weighted by Gasteiger charge is 2.32. The fourth-order valence-electron chi connectivity index (χ4n) is 2.08. The third-order valence-corrected chi connectivity index (χ3v) is 5.83. The number of primary sulfonamides is 1. The van der Waals surface area contributed by atoms with Crippen LogP contribution >= 0.6 is 11.3 Å². The lowest BCUT2D eigenvalue weighted by molar-refractivity contribution is -0.131. The quantitative estimate of drug-likeness (QED) is 0.832. The van der Waals surface area contributed by atoms with Crippen LogP contribution in [0.15, 0.2) is 16.3 Å². The number of nitrogens with two attached hydrogens (primary N) is 1. The van der Waals surface area contributed by atoms with Gasteiger partial charge in [-0.05, 0) is 31.4 Å². The van der Waals surface area contributed by atoms with E-state index in [2.05, 4.69) is 6.92 Å². The van der Waals surface area contributed by atoms with E-state index in [1.54, 1.807) is 6.07 Å². The van der Waals surface area contributed by atoms with E-state index in [4.69, 9.17) is 5.14 Å². The first-order valence-corrected chi connectivity index (χ1v) is 9.19. The summed E-state index contributed by atoms with van der Waals surface area (Å²) >= 11 is 1.08. The predicted octanol–water partition coefficient (Wildman–Crippen LogP) is 1.73. The molecule has 0 atom stereocenters. The van der Waals surface area contributed by atoms with Crippen molar-refractivity contribution in [1.29, 1.82) is 0 Å².